The second kappa shape index (κ2) is 6.35. The van der Waals surface area contributed by atoms with Gasteiger partial charge in [-0.3, -0.25) is 4.79 Å². The molecule has 0 aliphatic rings. The minimum absolute atomic E-state index is 0.226. The third-order valence-electron chi connectivity index (χ3n) is 2.42. The van der Waals surface area contributed by atoms with Crippen LogP contribution in [0.2, 0.25) is 0 Å². The van der Waals surface area contributed by atoms with E-state index in [9.17, 15) is 15.0 Å². The zero-order valence-electron chi connectivity index (χ0n) is 8.99. The molecule has 3 N–H and O–H groups in total. The van der Waals surface area contributed by atoms with Crippen molar-refractivity contribution < 1.29 is 15.0 Å². The lowest BCUT2D eigenvalue weighted by Crippen LogP contribution is -2.52. The molecule has 0 unspecified atom stereocenters. The van der Waals surface area contributed by atoms with Crippen molar-refractivity contribution in [2.45, 2.75) is 5.54 Å². The fraction of sp³-hybridized carbons (Fsp3) is 0.364. The number of amides is 1. The predicted octanol–water partition coefficient (Wildman–Crippen LogP) is 0.984. The molecule has 0 atom stereocenters. The van der Waals surface area contributed by atoms with Crippen molar-refractivity contribution in [1.82, 2.24) is 5.32 Å². The van der Waals surface area contributed by atoms with Crippen LogP contribution in [0.25, 0.3) is 0 Å². The van der Waals surface area contributed by atoms with Gasteiger partial charge < -0.3 is 15.5 Å². The first-order chi connectivity index (χ1) is 8.07. The minimum atomic E-state index is -1.21. The van der Waals surface area contributed by atoms with Gasteiger partial charge in [0.2, 0.25) is 5.91 Å². The Kier molecular flexibility index (Phi) is 5.39. The molecule has 0 aromatic heterocycles. The van der Waals surface area contributed by atoms with Crippen LogP contribution in [0.15, 0.2) is 28.7 Å². The molecule has 1 amide bonds. The van der Waals surface area contributed by atoms with Crippen molar-refractivity contribution in [2.24, 2.45) is 0 Å². The molecule has 17 heavy (non-hydrogen) atoms. The van der Waals surface area contributed by atoms with Crippen LogP contribution in [-0.2, 0) is 10.3 Å². The van der Waals surface area contributed by atoms with Gasteiger partial charge in [0, 0.05) is 4.47 Å². The summed E-state index contributed by atoms with van der Waals surface area (Å²) in [7, 11) is 0. The molecular weight excluding hydrogens is 309 g/mol. The van der Waals surface area contributed by atoms with E-state index < -0.39 is 24.7 Å². The van der Waals surface area contributed by atoms with Gasteiger partial charge in [-0.1, -0.05) is 28.1 Å². The van der Waals surface area contributed by atoms with Gasteiger partial charge in [0.15, 0.2) is 0 Å². The summed E-state index contributed by atoms with van der Waals surface area (Å²) < 4.78 is 0.793. The van der Waals surface area contributed by atoms with Crippen LogP contribution in [0.1, 0.15) is 5.56 Å². The lowest BCUT2D eigenvalue weighted by Gasteiger charge is -2.31. The van der Waals surface area contributed by atoms with Crippen molar-refractivity contribution in [1.29, 1.82) is 0 Å². The van der Waals surface area contributed by atoms with Crippen LogP contribution in [0.5, 0.6) is 0 Å². The van der Waals surface area contributed by atoms with Crippen LogP contribution in [0.3, 0.4) is 0 Å². The van der Waals surface area contributed by atoms with Crippen molar-refractivity contribution >= 4 is 33.4 Å². The van der Waals surface area contributed by atoms with Crippen LogP contribution in [0, 0.1) is 0 Å². The largest absolute Gasteiger partial charge is 0.393 e. The van der Waals surface area contributed by atoms with E-state index in [1.807, 2.05) is 6.07 Å². The van der Waals surface area contributed by atoms with Crippen molar-refractivity contribution in [3.05, 3.63) is 34.3 Å². The Morgan fingerprint density at radius 1 is 1.41 bits per heavy atom. The molecule has 0 aliphatic carbocycles. The van der Waals surface area contributed by atoms with Gasteiger partial charge in [0.25, 0.3) is 0 Å². The molecule has 1 rings (SSSR count). The van der Waals surface area contributed by atoms with E-state index in [2.05, 4.69) is 21.2 Å². The number of aliphatic hydroxyl groups is 2. The average Bonchev–Trinajstić information content (AvgIpc) is 2.35. The first-order valence-electron chi connectivity index (χ1n) is 4.92. The quantitative estimate of drug-likeness (QED) is 0.708. The summed E-state index contributed by atoms with van der Waals surface area (Å²) in [5, 5.41) is 21.4. The van der Waals surface area contributed by atoms with E-state index in [0.29, 0.717) is 5.56 Å². The van der Waals surface area contributed by atoms with Gasteiger partial charge in [0.05, 0.1) is 13.2 Å². The van der Waals surface area contributed by atoms with E-state index >= 15 is 0 Å². The zero-order chi connectivity index (χ0) is 12.9. The second-order valence-corrected chi connectivity index (χ2v) is 4.77. The first kappa shape index (κ1) is 14.4. The van der Waals surface area contributed by atoms with Crippen molar-refractivity contribution in [2.75, 3.05) is 19.1 Å². The maximum absolute atomic E-state index is 11.3. The number of alkyl halides is 1. The summed E-state index contributed by atoms with van der Waals surface area (Å²) in [5.41, 5.74) is -0.606. The Labute approximate surface area is 113 Å². The number of rotatable bonds is 5. The number of carbonyl (C=O) groups excluding carboxylic acids is 1. The lowest BCUT2D eigenvalue weighted by atomic mass is 9.91. The zero-order valence-corrected chi connectivity index (χ0v) is 11.3. The lowest BCUT2D eigenvalue weighted by molar-refractivity contribution is -0.122. The molecule has 0 saturated carbocycles. The molecule has 4 nitrogen and oxygen atoms in total. The third kappa shape index (κ3) is 3.42. The van der Waals surface area contributed by atoms with Gasteiger partial charge in [-0.15, -0.1) is 11.6 Å². The van der Waals surface area contributed by atoms with E-state index in [1.165, 1.54) is 0 Å². The highest BCUT2D eigenvalue weighted by atomic mass is 79.9. The van der Waals surface area contributed by atoms with E-state index in [0.717, 1.165) is 4.47 Å². The smallest absolute Gasteiger partial charge is 0.235 e. The summed E-state index contributed by atoms with van der Waals surface area (Å²) in [4.78, 5) is 11.3. The SMILES string of the molecule is O=C(CCl)NC(CO)(CO)c1cccc(Br)c1. The van der Waals surface area contributed by atoms with Crippen LogP contribution in [-0.4, -0.2) is 35.2 Å². The predicted molar refractivity (Wildman–Crippen MR) is 68.9 cm³/mol. The highest BCUT2D eigenvalue weighted by Gasteiger charge is 2.32. The molecular formula is C11H13BrClNO3. The minimum Gasteiger partial charge on any atom is -0.393 e. The topological polar surface area (TPSA) is 69.6 Å². The Hall–Kier alpha value is -0.620. The van der Waals surface area contributed by atoms with E-state index in [-0.39, 0.29) is 5.88 Å². The Morgan fingerprint density at radius 3 is 2.53 bits per heavy atom. The molecule has 0 fully saturated rings. The summed E-state index contributed by atoms with van der Waals surface area (Å²) in [5.74, 6) is -0.676. The number of halogens is 2. The highest BCUT2D eigenvalue weighted by molar-refractivity contribution is 9.10. The van der Waals surface area contributed by atoms with Crippen LogP contribution >= 0.6 is 27.5 Å². The van der Waals surface area contributed by atoms with Crippen LogP contribution < -0.4 is 5.32 Å². The fourth-order valence-electron chi connectivity index (χ4n) is 1.47. The van der Waals surface area contributed by atoms with Gasteiger partial charge in [-0.2, -0.15) is 0 Å². The number of aliphatic hydroxyl groups excluding tert-OH is 2. The molecule has 6 heteroatoms. The molecule has 0 bridgehead atoms. The number of hydrogen-bond donors (Lipinski definition) is 3. The molecule has 1 aromatic rings. The average molecular weight is 323 g/mol. The number of carbonyl (C=O) groups is 1. The van der Waals surface area contributed by atoms with Crippen LogP contribution in [0.4, 0.5) is 0 Å². The molecule has 0 saturated heterocycles. The number of nitrogens with one attached hydrogen (secondary N) is 1. The summed E-state index contributed by atoms with van der Waals surface area (Å²) >= 11 is 8.70. The van der Waals surface area contributed by atoms with E-state index in [1.54, 1.807) is 18.2 Å². The van der Waals surface area contributed by atoms with Gasteiger partial charge in [-0.05, 0) is 17.7 Å². The molecule has 0 aliphatic heterocycles. The number of hydrogen-bond acceptors (Lipinski definition) is 3. The first-order valence-corrected chi connectivity index (χ1v) is 6.25. The Morgan fingerprint density at radius 2 is 2.06 bits per heavy atom. The van der Waals surface area contributed by atoms with E-state index in [4.69, 9.17) is 11.6 Å². The van der Waals surface area contributed by atoms with Crippen molar-refractivity contribution in [3.63, 3.8) is 0 Å². The molecule has 0 heterocycles. The monoisotopic (exact) mass is 321 g/mol. The summed E-state index contributed by atoms with van der Waals surface area (Å²) in [6.07, 6.45) is 0. The summed E-state index contributed by atoms with van der Waals surface area (Å²) in [6, 6.07) is 7.01. The fourth-order valence-corrected chi connectivity index (χ4v) is 1.94. The highest BCUT2D eigenvalue weighted by Crippen LogP contribution is 2.23. The maximum Gasteiger partial charge on any atom is 0.235 e. The third-order valence-corrected chi connectivity index (χ3v) is 3.15. The molecule has 0 radical (unpaired) electrons. The standard InChI is InChI=1S/C11H13BrClNO3/c12-9-3-1-2-8(4-9)11(6-15,7-16)14-10(17)5-13/h1-4,15-16H,5-7H2,(H,14,17). The Balaban J connectivity index is 3.10. The van der Waals surface area contributed by atoms with Gasteiger partial charge in [0.1, 0.15) is 11.4 Å². The van der Waals surface area contributed by atoms with Gasteiger partial charge in [-0.25, -0.2) is 0 Å². The molecule has 94 valence electrons. The van der Waals surface area contributed by atoms with Gasteiger partial charge >= 0.3 is 0 Å². The Bertz CT molecular complexity index is 396. The normalized spacial score (nSPS) is 11.3. The van der Waals surface area contributed by atoms with Crippen molar-refractivity contribution in [3.8, 4) is 0 Å². The maximum atomic E-state index is 11.3. The molecule has 1 aromatic carbocycles. The summed E-state index contributed by atoms with van der Waals surface area (Å²) in [6.45, 7) is -0.828. The second-order valence-electron chi connectivity index (χ2n) is 3.59. The molecule has 0 spiro atoms. The number of benzene rings is 1.